The van der Waals surface area contributed by atoms with E-state index < -0.39 is 32.0 Å². The second-order valence-corrected chi connectivity index (χ2v) is 6.64. The molecule has 0 radical (unpaired) electrons. The molecule has 0 saturated heterocycles. The van der Waals surface area contributed by atoms with Gasteiger partial charge in [-0.25, -0.2) is 13.1 Å². The smallest absolute Gasteiger partial charge is 0.258 e. The third kappa shape index (κ3) is 2.74. The van der Waals surface area contributed by atoms with E-state index in [2.05, 4.69) is 4.72 Å². The van der Waals surface area contributed by atoms with Crippen molar-refractivity contribution in [3.8, 4) is 0 Å². The molecule has 1 saturated carbocycles. The van der Waals surface area contributed by atoms with Crippen molar-refractivity contribution < 1.29 is 17.7 Å². The van der Waals surface area contributed by atoms with Gasteiger partial charge in [-0.05, 0) is 38.3 Å². The Labute approximate surface area is 109 Å². The molecule has 104 valence electrons. The number of hydrogen-bond acceptors (Lipinski definition) is 4. The van der Waals surface area contributed by atoms with Crippen LogP contribution < -0.4 is 4.72 Å². The Morgan fingerprint density at radius 1 is 1.42 bits per heavy atom. The quantitative estimate of drug-likeness (QED) is 0.676. The molecule has 1 aliphatic rings. The average Bonchev–Trinajstić information content (AvgIpc) is 2.93. The molecule has 1 aliphatic carbocycles. The highest BCUT2D eigenvalue weighted by molar-refractivity contribution is 7.89. The first-order valence-electron chi connectivity index (χ1n) is 5.63. The molecule has 0 unspecified atom stereocenters. The molecule has 0 heterocycles. The largest absolute Gasteiger partial charge is 0.306 e. The first kappa shape index (κ1) is 13.9. The van der Waals surface area contributed by atoms with Crippen molar-refractivity contribution in [3.63, 3.8) is 0 Å². The highest BCUT2D eigenvalue weighted by Crippen LogP contribution is 2.36. The van der Waals surface area contributed by atoms with Gasteiger partial charge in [0.1, 0.15) is 0 Å². The van der Waals surface area contributed by atoms with Crippen LogP contribution in [0, 0.1) is 22.9 Å². The van der Waals surface area contributed by atoms with Crippen molar-refractivity contribution in [1.82, 2.24) is 4.72 Å². The zero-order valence-corrected chi connectivity index (χ0v) is 11.3. The van der Waals surface area contributed by atoms with E-state index in [1.165, 1.54) is 6.92 Å². The molecule has 6 nitrogen and oxygen atoms in total. The predicted molar refractivity (Wildman–Crippen MR) is 65.8 cm³/mol. The molecular formula is C11H13FN2O4S. The van der Waals surface area contributed by atoms with Crippen molar-refractivity contribution in [1.29, 1.82) is 0 Å². The Balaban J connectivity index is 2.49. The van der Waals surface area contributed by atoms with E-state index in [0.29, 0.717) is 12.8 Å². The van der Waals surface area contributed by atoms with Gasteiger partial charge in [0, 0.05) is 11.6 Å². The molecule has 0 aliphatic heterocycles. The van der Waals surface area contributed by atoms with Crippen molar-refractivity contribution in [2.24, 2.45) is 0 Å². The number of sulfonamides is 1. The summed E-state index contributed by atoms with van der Waals surface area (Å²) in [6.45, 7) is 3.15. The molecule has 0 spiro atoms. The number of nitro groups is 1. The van der Waals surface area contributed by atoms with E-state index in [1.54, 1.807) is 6.92 Å². The molecule has 1 aromatic carbocycles. The van der Waals surface area contributed by atoms with Crippen molar-refractivity contribution in [2.45, 2.75) is 37.1 Å². The number of hydrogen-bond donors (Lipinski definition) is 1. The fourth-order valence-electron chi connectivity index (χ4n) is 1.74. The van der Waals surface area contributed by atoms with Gasteiger partial charge < -0.3 is 0 Å². The summed E-state index contributed by atoms with van der Waals surface area (Å²) in [7, 11) is -3.88. The first-order valence-corrected chi connectivity index (χ1v) is 7.11. The van der Waals surface area contributed by atoms with Crippen LogP contribution in [0.15, 0.2) is 17.0 Å². The highest BCUT2D eigenvalue weighted by atomic mass is 32.2. The van der Waals surface area contributed by atoms with Gasteiger partial charge in [-0.3, -0.25) is 10.1 Å². The number of aryl methyl sites for hydroxylation is 1. The molecule has 0 amide bonds. The van der Waals surface area contributed by atoms with E-state index in [4.69, 9.17) is 0 Å². The normalized spacial score (nSPS) is 17.2. The molecule has 1 fully saturated rings. The minimum absolute atomic E-state index is 0.139. The van der Waals surface area contributed by atoms with Crippen molar-refractivity contribution >= 4 is 15.7 Å². The SMILES string of the molecule is Cc1cc(F)c([N+](=O)[O-])cc1S(=O)(=O)NC1(C)CC1. The topological polar surface area (TPSA) is 89.3 Å². The summed E-state index contributed by atoms with van der Waals surface area (Å²) in [5, 5.41) is 10.7. The summed E-state index contributed by atoms with van der Waals surface area (Å²) in [6, 6.07) is 1.63. The molecule has 0 bridgehead atoms. The number of rotatable bonds is 4. The van der Waals surface area contributed by atoms with Crippen LogP contribution in [-0.2, 0) is 10.0 Å². The van der Waals surface area contributed by atoms with Crippen LogP contribution in [0.25, 0.3) is 0 Å². The van der Waals surface area contributed by atoms with Crippen LogP contribution in [0.5, 0.6) is 0 Å². The van der Waals surface area contributed by atoms with E-state index in [-0.39, 0.29) is 10.5 Å². The zero-order chi connectivity index (χ0) is 14.4. The maximum absolute atomic E-state index is 13.4. The molecule has 1 N–H and O–H groups in total. The van der Waals surface area contributed by atoms with Gasteiger partial charge in [-0.15, -0.1) is 0 Å². The van der Waals surface area contributed by atoms with E-state index in [0.717, 1.165) is 12.1 Å². The lowest BCUT2D eigenvalue weighted by molar-refractivity contribution is -0.387. The van der Waals surface area contributed by atoms with Crippen LogP contribution >= 0.6 is 0 Å². The molecule has 0 atom stereocenters. The molecular weight excluding hydrogens is 275 g/mol. The number of nitro benzene ring substituents is 1. The average molecular weight is 288 g/mol. The molecule has 1 aromatic rings. The Hall–Kier alpha value is -1.54. The second kappa shape index (κ2) is 4.24. The fourth-order valence-corrected chi connectivity index (χ4v) is 3.45. The summed E-state index contributed by atoms with van der Waals surface area (Å²) in [6.07, 6.45) is 1.43. The lowest BCUT2D eigenvalue weighted by Crippen LogP contribution is -2.34. The van der Waals surface area contributed by atoms with Gasteiger partial charge in [-0.2, -0.15) is 4.39 Å². The number of nitrogens with one attached hydrogen (secondary N) is 1. The third-order valence-electron chi connectivity index (χ3n) is 3.11. The van der Waals surface area contributed by atoms with Gasteiger partial charge in [0.15, 0.2) is 0 Å². The molecule has 19 heavy (non-hydrogen) atoms. The third-order valence-corrected chi connectivity index (χ3v) is 4.89. The van der Waals surface area contributed by atoms with Gasteiger partial charge in [0.2, 0.25) is 15.8 Å². The van der Waals surface area contributed by atoms with Crippen LogP contribution in [0.3, 0.4) is 0 Å². The highest BCUT2D eigenvalue weighted by Gasteiger charge is 2.42. The molecule has 8 heteroatoms. The van der Waals surface area contributed by atoms with Gasteiger partial charge in [0.05, 0.1) is 9.82 Å². The minimum atomic E-state index is -3.88. The summed E-state index contributed by atoms with van der Waals surface area (Å²) in [5.74, 6) is -1.04. The summed E-state index contributed by atoms with van der Waals surface area (Å²) in [4.78, 5) is 9.47. The van der Waals surface area contributed by atoms with Crippen LogP contribution in [0.4, 0.5) is 10.1 Å². The standard InChI is InChI=1S/C11H13FN2O4S/c1-7-5-8(12)9(14(15)16)6-10(7)19(17,18)13-11(2)3-4-11/h5-6,13H,3-4H2,1-2H3. The lowest BCUT2D eigenvalue weighted by Gasteiger charge is -2.13. The second-order valence-electron chi connectivity index (χ2n) is 4.99. The Morgan fingerprint density at radius 2 is 2.00 bits per heavy atom. The Morgan fingerprint density at radius 3 is 2.47 bits per heavy atom. The van der Waals surface area contributed by atoms with Gasteiger partial charge >= 0.3 is 5.69 Å². The van der Waals surface area contributed by atoms with Gasteiger partial charge in [0.25, 0.3) is 0 Å². The van der Waals surface area contributed by atoms with Crippen LogP contribution in [0.1, 0.15) is 25.3 Å². The number of benzene rings is 1. The van der Waals surface area contributed by atoms with Gasteiger partial charge in [-0.1, -0.05) is 0 Å². The first-order chi connectivity index (χ1) is 8.65. The zero-order valence-electron chi connectivity index (χ0n) is 10.4. The Bertz CT molecular complexity index is 653. The maximum Gasteiger partial charge on any atom is 0.306 e. The minimum Gasteiger partial charge on any atom is -0.258 e. The lowest BCUT2D eigenvalue weighted by atomic mass is 10.2. The van der Waals surface area contributed by atoms with E-state index in [9.17, 15) is 22.9 Å². The van der Waals surface area contributed by atoms with Crippen LogP contribution in [-0.4, -0.2) is 18.9 Å². The Kier molecular flexibility index (Phi) is 3.10. The number of halogens is 1. The summed E-state index contributed by atoms with van der Waals surface area (Å²) < 4.78 is 40.1. The van der Waals surface area contributed by atoms with Crippen molar-refractivity contribution in [3.05, 3.63) is 33.6 Å². The molecule has 2 rings (SSSR count). The monoisotopic (exact) mass is 288 g/mol. The summed E-state index contributed by atoms with van der Waals surface area (Å²) in [5.41, 5.74) is -1.19. The fraction of sp³-hybridized carbons (Fsp3) is 0.455. The summed E-state index contributed by atoms with van der Waals surface area (Å²) >= 11 is 0. The van der Waals surface area contributed by atoms with Crippen LogP contribution in [0.2, 0.25) is 0 Å². The molecule has 0 aromatic heterocycles. The maximum atomic E-state index is 13.4. The van der Waals surface area contributed by atoms with Crippen molar-refractivity contribution in [2.75, 3.05) is 0 Å². The van der Waals surface area contributed by atoms with E-state index >= 15 is 0 Å². The predicted octanol–water partition coefficient (Wildman–Crippen LogP) is 1.87. The number of nitrogens with zero attached hydrogens (tertiary/aromatic N) is 1. The van der Waals surface area contributed by atoms with E-state index in [1.807, 2.05) is 0 Å².